The highest BCUT2D eigenvalue weighted by Gasteiger charge is 2.26. The van der Waals surface area contributed by atoms with Crippen LogP contribution in [0, 0.1) is 0 Å². The molecule has 3 N–H and O–H groups in total. The molecule has 2 saturated heterocycles. The zero-order chi connectivity index (χ0) is 24.2. The molecule has 11 heteroatoms. The summed E-state index contributed by atoms with van der Waals surface area (Å²) in [7, 11) is 0. The molecule has 11 nitrogen and oxygen atoms in total. The molecular weight excluding hydrogens is 450 g/mol. The van der Waals surface area contributed by atoms with Crippen LogP contribution in [0.25, 0.3) is 11.0 Å². The van der Waals surface area contributed by atoms with Crippen LogP contribution in [0.3, 0.4) is 0 Å². The third-order valence-corrected chi connectivity index (χ3v) is 6.58. The number of anilines is 1. The number of pyridine rings is 1. The second-order valence-electron chi connectivity index (χ2n) is 9.17. The van der Waals surface area contributed by atoms with E-state index >= 15 is 0 Å². The van der Waals surface area contributed by atoms with Gasteiger partial charge >= 0.3 is 6.01 Å². The van der Waals surface area contributed by atoms with E-state index in [1.165, 1.54) is 0 Å². The normalized spacial score (nSPS) is 19.7. The molecule has 2 aliphatic heterocycles. The fraction of sp³-hybridized carbons (Fsp3) is 0.542. The molecular formula is C24H31N7O4. The van der Waals surface area contributed by atoms with E-state index in [2.05, 4.69) is 35.4 Å². The number of aliphatic hydroxyl groups excluding tert-OH is 1. The highest BCUT2D eigenvalue weighted by atomic mass is 16.5. The SMILES string of the molecule is CC(CO)NC(=O)c1cc(N2CCC(c3[nH]nc4ncccc34)CC2)nc(OC[C@H]2CCCO2)n1. The van der Waals surface area contributed by atoms with E-state index < -0.39 is 0 Å². The van der Waals surface area contributed by atoms with Crippen molar-refractivity contribution in [3.05, 3.63) is 35.8 Å². The van der Waals surface area contributed by atoms with Crippen LogP contribution < -0.4 is 15.0 Å². The van der Waals surface area contributed by atoms with Gasteiger partial charge in [0.05, 0.1) is 12.7 Å². The van der Waals surface area contributed by atoms with E-state index in [9.17, 15) is 9.90 Å². The summed E-state index contributed by atoms with van der Waals surface area (Å²) >= 11 is 0. The standard InChI is InChI=1S/C24H31N7O4/c1-15(13-32)26-23(33)19-12-20(28-24(27-19)35-14-17-4-3-11-34-17)31-9-6-16(7-10-31)21-18-5-2-8-25-22(18)30-29-21/h2,5,8,12,15-17,32H,3-4,6-7,9-11,13-14H2,1H3,(H,26,33)(H,25,29,30)/t15?,17-/m1/s1. The van der Waals surface area contributed by atoms with E-state index in [1.54, 1.807) is 19.2 Å². The molecule has 3 aromatic heterocycles. The lowest BCUT2D eigenvalue weighted by molar-refractivity contribution is 0.0643. The molecule has 5 heterocycles. The van der Waals surface area contributed by atoms with Gasteiger partial charge in [-0.2, -0.15) is 15.1 Å². The minimum atomic E-state index is -0.383. The molecule has 2 fully saturated rings. The molecule has 0 bridgehead atoms. The predicted molar refractivity (Wildman–Crippen MR) is 129 cm³/mol. The predicted octanol–water partition coefficient (Wildman–Crippen LogP) is 1.80. The lowest BCUT2D eigenvalue weighted by Crippen LogP contribution is -2.37. The highest BCUT2D eigenvalue weighted by molar-refractivity contribution is 5.93. The maximum atomic E-state index is 12.8. The fourth-order valence-electron chi connectivity index (χ4n) is 4.62. The van der Waals surface area contributed by atoms with Crippen molar-refractivity contribution in [3.8, 4) is 6.01 Å². The van der Waals surface area contributed by atoms with E-state index in [0.717, 1.165) is 62.1 Å². The number of carbonyl (C=O) groups excluding carboxylic acids is 1. The van der Waals surface area contributed by atoms with Gasteiger partial charge in [-0.15, -0.1) is 0 Å². The van der Waals surface area contributed by atoms with E-state index in [1.807, 2.05) is 12.1 Å². The van der Waals surface area contributed by atoms with Gasteiger partial charge in [0.25, 0.3) is 5.91 Å². The number of hydrogen-bond acceptors (Lipinski definition) is 9. The third kappa shape index (κ3) is 5.35. The molecule has 0 radical (unpaired) electrons. The molecule has 0 aromatic carbocycles. The van der Waals surface area contributed by atoms with Crippen molar-refractivity contribution < 1.29 is 19.4 Å². The Balaban J connectivity index is 1.32. The van der Waals surface area contributed by atoms with Crippen molar-refractivity contribution in [3.63, 3.8) is 0 Å². The van der Waals surface area contributed by atoms with Gasteiger partial charge in [-0.3, -0.25) is 9.89 Å². The first kappa shape index (κ1) is 23.4. The van der Waals surface area contributed by atoms with Gasteiger partial charge in [0.2, 0.25) is 0 Å². The summed E-state index contributed by atoms with van der Waals surface area (Å²) in [4.78, 5) is 28.2. The summed E-state index contributed by atoms with van der Waals surface area (Å²) in [5, 5.41) is 20.6. The molecule has 2 atom stereocenters. The number of amides is 1. The van der Waals surface area contributed by atoms with E-state index in [4.69, 9.17) is 9.47 Å². The maximum Gasteiger partial charge on any atom is 0.319 e. The van der Waals surface area contributed by atoms with Crippen LogP contribution in [-0.2, 0) is 4.74 Å². The van der Waals surface area contributed by atoms with Gasteiger partial charge in [-0.25, -0.2) is 4.98 Å². The number of aromatic amines is 1. The molecule has 3 aromatic rings. The molecule has 5 rings (SSSR count). The van der Waals surface area contributed by atoms with Gasteiger partial charge in [-0.05, 0) is 44.7 Å². The summed E-state index contributed by atoms with van der Waals surface area (Å²) in [5.41, 5.74) is 2.07. The number of carbonyl (C=O) groups is 1. The van der Waals surface area contributed by atoms with Gasteiger partial charge < -0.3 is 24.8 Å². The number of ether oxygens (including phenoxy) is 2. The Morgan fingerprint density at radius 3 is 2.97 bits per heavy atom. The van der Waals surface area contributed by atoms with Crippen LogP contribution in [0.5, 0.6) is 6.01 Å². The average Bonchev–Trinajstić information content (AvgIpc) is 3.57. The monoisotopic (exact) mass is 481 g/mol. The third-order valence-electron chi connectivity index (χ3n) is 6.58. The Bertz CT molecular complexity index is 1160. The molecule has 0 saturated carbocycles. The molecule has 2 aliphatic rings. The lowest BCUT2D eigenvalue weighted by atomic mass is 9.92. The van der Waals surface area contributed by atoms with Crippen LogP contribution in [-0.4, -0.2) is 81.2 Å². The fourth-order valence-corrected chi connectivity index (χ4v) is 4.62. The Kier molecular flexibility index (Phi) is 7.05. The van der Waals surface area contributed by atoms with Crippen LogP contribution in [0.15, 0.2) is 24.4 Å². The average molecular weight is 482 g/mol. The first-order chi connectivity index (χ1) is 17.1. The number of aliphatic hydroxyl groups is 1. The number of nitrogens with one attached hydrogen (secondary N) is 2. The van der Waals surface area contributed by atoms with Gasteiger partial charge in [0.1, 0.15) is 18.1 Å². The highest BCUT2D eigenvalue weighted by Crippen LogP contribution is 2.32. The van der Waals surface area contributed by atoms with Crippen LogP contribution in [0.1, 0.15) is 54.7 Å². The summed E-state index contributed by atoms with van der Waals surface area (Å²) in [6.07, 6.45) is 5.53. The molecule has 1 unspecified atom stereocenters. The smallest absolute Gasteiger partial charge is 0.319 e. The topological polar surface area (TPSA) is 138 Å². The second kappa shape index (κ2) is 10.5. The van der Waals surface area contributed by atoms with Crippen molar-refractivity contribution in [1.29, 1.82) is 0 Å². The van der Waals surface area contributed by atoms with Crippen molar-refractivity contribution in [2.75, 3.05) is 37.8 Å². The van der Waals surface area contributed by atoms with Crippen molar-refractivity contribution >= 4 is 22.8 Å². The van der Waals surface area contributed by atoms with E-state index in [-0.39, 0.29) is 36.4 Å². The summed E-state index contributed by atoms with van der Waals surface area (Å²) in [5.74, 6) is 0.618. The largest absolute Gasteiger partial charge is 0.461 e. The van der Waals surface area contributed by atoms with Crippen molar-refractivity contribution in [2.24, 2.45) is 0 Å². The molecule has 0 aliphatic carbocycles. The first-order valence-corrected chi connectivity index (χ1v) is 12.2. The molecule has 35 heavy (non-hydrogen) atoms. The number of H-pyrrole nitrogens is 1. The second-order valence-corrected chi connectivity index (χ2v) is 9.17. The zero-order valence-electron chi connectivity index (χ0n) is 19.8. The van der Waals surface area contributed by atoms with Crippen molar-refractivity contribution in [2.45, 2.75) is 50.7 Å². The van der Waals surface area contributed by atoms with Crippen LogP contribution in [0.2, 0.25) is 0 Å². The minimum absolute atomic E-state index is 0.0170. The number of aromatic nitrogens is 5. The van der Waals surface area contributed by atoms with Crippen LogP contribution >= 0.6 is 0 Å². The molecule has 1 amide bonds. The zero-order valence-corrected chi connectivity index (χ0v) is 19.8. The maximum absolute atomic E-state index is 12.8. The Morgan fingerprint density at radius 2 is 2.20 bits per heavy atom. The number of piperidine rings is 1. The Morgan fingerprint density at radius 1 is 1.34 bits per heavy atom. The van der Waals surface area contributed by atoms with Gasteiger partial charge in [0, 0.05) is 55.0 Å². The first-order valence-electron chi connectivity index (χ1n) is 12.2. The minimum Gasteiger partial charge on any atom is -0.461 e. The Hall–Kier alpha value is -3.31. The molecule has 0 spiro atoms. The number of hydrogen-bond donors (Lipinski definition) is 3. The number of nitrogens with zero attached hydrogens (tertiary/aromatic N) is 5. The lowest BCUT2D eigenvalue weighted by Gasteiger charge is -2.32. The summed E-state index contributed by atoms with van der Waals surface area (Å²) < 4.78 is 11.5. The Labute approximate surface area is 203 Å². The quantitative estimate of drug-likeness (QED) is 0.439. The number of rotatable bonds is 8. The molecule has 186 valence electrons. The summed E-state index contributed by atoms with van der Waals surface area (Å²) in [6, 6.07) is 5.45. The van der Waals surface area contributed by atoms with Crippen molar-refractivity contribution in [1.82, 2.24) is 30.5 Å². The van der Waals surface area contributed by atoms with Gasteiger partial charge in [-0.1, -0.05) is 0 Å². The van der Waals surface area contributed by atoms with Gasteiger partial charge in [0.15, 0.2) is 5.65 Å². The van der Waals surface area contributed by atoms with E-state index in [0.29, 0.717) is 18.3 Å². The summed E-state index contributed by atoms with van der Waals surface area (Å²) in [6.45, 7) is 4.19. The number of fused-ring (bicyclic) bond motifs is 1. The van der Waals surface area contributed by atoms with Crippen LogP contribution in [0.4, 0.5) is 5.82 Å².